The van der Waals surface area contributed by atoms with E-state index in [9.17, 15) is 18.8 Å². The van der Waals surface area contributed by atoms with Crippen molar-refractivity contribution in [1.29, 1.82) is 0 Å². The van der Waals surface area contributed by atoms with Gasteiger partial charge in [-0.25, -0.2) is 9.18 Å². The number of rotatable bonds is 4. The SMILES string of the molecule is CCOC(=O)[C@@]1(c2ccccc2)N[C@@H](c2ccccc2F)[C@H]2C(=O)N(C)C(=O)[C@H]21. The van der Waals surface area contributed by atoms with E-state index in [4.69, 9.17) is 4.74 Å². The van der Waals surface area contributed by atoms with Gasteiger partial charge in [0.05, 0.1) is 18.4 Å². The molecule has 2 heterocycles. The number of benzene rings is 2. The van der Waals surface area contributed by atoms with Crippen LogP contribution in [0.1, 0.15) is 24.1 Å². The van der Waals surface area contributed by atoms with Gasteiger partial charge in [-0.15, -0.1) is 0 Å². The number of carbonyl (C=O) groups is 3. The summed E-state index contributed by atoms with van der Waals surface area (Å²) in [5.74, 6) is -4.05. The summed E-state index contributed by atoms with van der Waals surface area (Å²) < 4.78 is 20.0. The number of likely N-dealkylation sites (tertiary alicyclic amines) is 1. The number of fused-ring (bicyclic) bond motifs is 1. The smallest absolute Gasteiger partial charge is 0.331 e. The van der Waals surface area contributed by atoms with Crippen LogP contribution in [-0.2, 0) is 24.7 Å². The maximum atomic E-state index is 14.7. The molecule has 2 aromatic carbocycles. The first-order chi connectivity index (χ1) is 13.9. The largest absolute Gasteiger partial charge is 0.464 e. The van der Waals surface area contributed by atoms with Crippen molar-refractivity contribution in [3.63, 3.8) is 0 Å². The molecule has 2 saturated heterocycles. The fourth-order valence-corrected chi connectivity index (χ4v) is 4.56. The van der Waals surface area contributed by atoms with Crippen LogP contribution in [0.5, 0.6) is 0 Å². The average Bonchev–Trinajstić information content (AvgIpc) is 3.20. The van der Waals surface area contributed by atoms with Crippen LogP contribution in [0, 0.1) is 17.7 Å². The number of amides is 2. The van der Waals surface area contributed by atoms with Gasteiger partial charge in [-0.3, -0.25) is 19.8 Å². The van der Waals surface area contributed by atoms with E-state index < -0.39 is 47.0 Å². The number of carbonyl (C=O) groups excluding carboxylic acids is 3. The van der Waals surface area contributed by atoms with Crippen molar-refractivity contribution in [2.75, 3.05) is 13.7 Å². The number of esters is 1. The molecule has 2 aliphatic rings. The predicted molar refractivity (Wildman–Crippen MR) is 102 cm³/mol. The third-order valence-corrected chi connectivity index (χ3v) is 5.85. The van der Waals surface area contributed by atoms with Gasteiger partial charge in [0.2, 0.25) is 11.8 Å². The second kappa shape index (κ2) is 7.08. The normalized spacial score (nSPS) is 28.5. The minimum atomic E-state index is -1.59. The molecule has 29 heavy (non-hydrogen) atoms. The number of ether oxygens (including phenoxy) is 1. The van der Waals surface area contributed by atoms with Crippen LogP contribution >= 0.6 is 0 Å². The third kappa shape index (κ3) is 2.68. The number of hydrogen-bond acceptors (Lipinski definition) is 5. The van der Waals surface area contributed by atoms with E-state index in [1.54, 1.807) is 55.5 Å². The van der Waals surface area contributed by atoms with Gasteiger partial charge in [-0.05, 0) is 18.6 Å². The molecule has 0 aromatic heterocycles. The summed E-state index contributed by atoms with van der Waals surface area (Å²) in [6, 6.07) is 13.9. The quantitative estimate of drug-likeness (QED) is 0.633. The van der Waals surface area contributed by atoms with Crippen LogP contribution in [0.25, 0.3) is 0 Å². The van der Waals surface area contributed by atoms with Crippen molar-refractivity contribution in [2.24, 2.45) is 11.8 Å². The van der Waals surface area contributed by atoms with Crippen LogP contribution < -0.4 is 5.32 Å². The second-order valence-electron chi connectivity index (χ2n) is 7.28. The molecule has 0 aliphatic carbocycles. The molecule has 7 heteroatoms. The van der Waals surface area contributed by atoms with Crippen LogP contribution in [0.15, 0.2) is 54.6 Å². The maximum Gasteiger partial charge on any atom is 0.331 e. The Bertz CT molecular complexity index is 980. The zero-order chi connectivity index (χ0) is 20.8. The maximum absolute atomic E-state index is 14.7. The Labute approximate surface area is 167 Å². The lowest BCUT2D eigenvalue weighted by Gasteiger charge is -2.33. The summed E-state index contributed by atoms with van der Waals surface area (Å²) in [7, 11) is 1.39. The van der Waals surface area contributed by atoms with Crippen LogP contribution in [0.3, 0.4) is 0 Å². The van der Waals surface area contributed by atoms with Crippen molar-refractivity contribution in [3.8, 4) is 0 Å². The Morgan fingerprint density at radius 2 is 1.76 bits per heavy atom. The van der Waals surface area contributed by atoms with Crippen molar-refractivity contribution >= 4 is 17.8 Å². The fraction of sp³-hybridized carbons (Fsp3) is 0.318. The predicted octanol–water partition coefficient (Wildman–Crippen LogP) is 2.16. The van der Waals surface area contributed by atoms with Gasteiger partial charge in [0, 0.05) is 18.7 Å². The van der Waals surface area contributed by atoms with Gasteiger partial charge in [-0.2, -0.15) is 0 Å². The molecule has 2 aromatic rings. The van der Waals surface area contributed by atoms with Crippen molar-refractivity contribution in [3.05, 3.63) is 71.5 Å². The lowest BCUT2D eigenvalue weighted by molar-refractivity contribution is -0.156. The number of halogens is 1. The van der Waals surface area contributed by atoms with E-state index in [2.05, 4.69) is 5.32 Å². The molecule has 0 bridgehead atoms. The molecule has 4 atom stereocenters. The standard InChI is InChI=1S/C22H21FN2O4/c1-3-29-21(28)22(13-9-5-4-6-10-13)17-16(19(26)25(2)20(17)27)18(24-22)14-11-7-8-12-15(14)23/h4-12,16-18,24H,3H2,1-2H3/t16-,17-,18-,22-/m0/s1. The first-order valence-electron chi connectivity index (χ1n) is 9.49. The number of hydrogen-bond donors (Lipinski definition) is 1. The molecule has 0 unspecified atom stereocenters. The van der Waals surface area contributed by atoms with E-state index in [-0.39, 0.29) is 12.2 Å². The molecule has 0 spiro atoms. The Balaban J connectivity index is 1.96. The van der Waals surface area contributed by atoms with E-state index in [1.807, 2.05) is 0 Å². The lowest BCUT2D eigenvalue weighted by Crippen LogP contribution is -2.53. The molecule has 2 aliphatic heterocycles. The number of nitrogens with one attached hydrogen (secondary N) is 1. The second-order valence-corrected chi connectivity index (χ2v) is 7.28. The zero-order valence-electron chi connectivity index (χ0n) is 16.1. The Morgan fingerprint density at radius 3 is 2.41 bits per heavy atom. The summed E-state index contributed by atoms with van der Waals surface area (Å²) >= 11 is 0. The monoisotopic (exact) mass is 396 g/mol. The van der Waals surface area contributed by atoms with E-state index in [1.165, 1.54) is 13.1 Å². The number of imide groups is 1. The van der Waals surface area contributed by atoms with E-state index >= 15 is 0 Å². The Hall–Kier alpha value is -3.06. The highest BCUT2D eigenvalue weighted by atomic mass is 19.1. The van der Waals surface area contributed by atoms with E-state index in [0.717, 1.165) is 4.90 Å². The first kappa shape index (κ1) is 19.3. The molecule has 0 radical (unpaired) electrons. The zero-order valence-corrected chi connectivity index (χ0v) is 16.1. The number of nitrogens with zero attached hydrogens (tertiary/aromatic N) is 1. The Kier molecular flexibility index (Phi) is 4.70. The van der Waals surface area contributed by atoms with Crippen molar-refractivity contribution in [1.82, 2.24) is 10.2 Å². The average molecular weight is 396 g/mol. The first-order valence-corrected chi connectivity index (χ1v) is 9.49. The molecule has 0 saturated carbocycles. The van der Waals surface area contributed by atoms with Gasteiger partial charge in [-0.1, -0.05) is 48.5 Å². The molecule has 2 amide bonds. The molecular weight excluding hydrogens is 375 g/mol. The molecule has 150 valence electrons. The van der Waals surface area contributed by atoms with Crippen molar-refractivity contribution in [2.45, 2.75) is 18.5 Å². The van der Waals surface area contributed by atoms with Gasteiger partial charge in [0.1, 0.15) is 5.82 Å². The summed E-state index contributed by atoms with van der Waals surface area (Å²) in [6.45, 7) is 1.78. The van der Waals surface area contributed by atoms with Gasteiger partial charge in [0.15, 0.2) is 5.54 Å². The van der Waals surface area contributed by atoms with Gasteiger partial charge >= 0.3 is 5.97 Å². The minimum absolute atomic E-state index is 0.106. The summed E-state index contributed by atoms with van der Waals surface area (Å²) in [5, 5.41) is 3.16. The van der Waals surface area contributed by atoms with Crippen molar-refractivity contribution < 1.29 is 23.5 Å². The molecule has 6 nitrogen and oxygen atoms in total. The fourth-order valence-electron chi connectivity index (χ4n) is 4.56. The van der Waals surface area contributed by atoms with Gasteiger partial charge < -0.3 is 4.74 Å². The molecule has 2 fully saturated rings. The van der Waals surface area contributed by atoms with Crippen LogP contribution in [-0.4, -0.2) is 36.3 Å². The summed E-state index contributed by atoms with van der Waals surface area (Å²) in [4.78, 5) is 40.4. The topological polar surface area (TPSA) is 75.7 Å². The third-order valence-electron chi connectivity index (χ3n) is 5.85. The van der Waals surface area contributed by atoms with E-state index in [0.29, 0.717) is 5.56 Å². The highest BCUT2D eigenvalue weighted by molar-refractivity contribution is 6.09. The molecule has 4 rings (SSSR count). The van der Waals surface area contributed by atoms with Gasteiger partial charge in [0.25, 0.3) is 0 Å². The lowest BCUT2D eigenvalue weighted by atomic mass is 9.75. The molecule has 1 N–H and O–H groups in total. The molecular formula is C22H21FN2O4. The Morgan fingerprint density at radius 1 is 1.10 bits per heavy atom. The minimum Gasteiger partial charge on any atom is -0.464 e. The van der Waals surface area contributed by atoms with Crippen LogP contribution in [0.4, 0.5) is 4.39 Å². The summed E-state index contributed by atoms with van der Waals surface area (Å²) in [5.41, 5.74) is -0.850. The van der Waals surface area contributed by atoms with Crippen LogP contribution in [0.2, 0.25) is 0 Å². The highest BCUT2D eigenvalue weighted by Crippen LogP contribution is 2.53. The highest BCUT2D eigenvalue weighted by Gasteiger charge is 2.69. The summed E-state index contributed by atoms with van der Waals surface area (Å²) in [6.07, 6.45) is 0.